The number of hydrogen-bond donors (Lipinski definition) is 4. The lowest BCUT2D eigenvalue weighted by Crippen LogP contribution is -2.54. The molecule has 26 rings (SSSR count). The molecule has 12 aliphatic carbocycles. The topological polar surface area (TPSA) is 225 Å². The predicted molar refractivity (Wildman–Crippen MR) is 543 cm³/mol. The summed E-state index contributed by atoms with van der Waals surface area (Å²) < 4.78 is 89.0. The molecule has 4 aliphatic heterocycles. The van der Waals surface area contributed by atoms with Gasteiger partial charge in [-0.05, 0) is 299 Å². The van der Waals surface area contributed by atoms with Crippen molar-refractivity contribution in [3.8, 4) is 79.4 Å². The van der Waals surface area contributed by atoms with Crippen molar-refractivity contribution in [3.05, 3.63) is 198 Å². The molecule has 16 aliphatic rings. The largest absolute Gasteiger partial charge is 0.493 e. The van der Waals surface area contributed by atoms with E-state index in [1.165, 1.54) is 103 Å². The summed E-state index contributed by atoms with van der Waals surface area (Å²) in [5.74, 6) is 8.64. The second-order valence-corrected chi connectivity index (χ2v) is 46.2. The van der Waals surface area contributed by atoms with Crippen LogP contribution in [0.3, 0.4) is 0 Å². The summed E-state index contributed by atoms with van der Waals surface area (Å²) in [5, 5.41) is 32.9. The fraction of sp³-hybridized carbons (Fsp3) is 0.532. The second-order valence-electron chi connectivity index (χ2n) is 43.6. The van der Waals surface area contributed by atoms with Gasteiger partial charge in [0, 0.05) is 148 Å². The van der Waals surface area contributed by atoms with Gasteiger partial charge in [-0.3, -0.25) is 28.5 Å². The van der Waals surface area contributed by atoms with Crippen LogP contribution in [-0.4, -0.2) is 127 Å². The van der Waals surface area contributed by atoms with E-state index in [0.717, 1.165) is 169 Å². The van der Waals surface area contributed by atoms with Crippen LogP contribution in [0.4, 0.5) is 17.6 Å². The van der Waals surface area contributed by atoms with Crippen LogP contribution in [0.25, 0.3) is 56.4 Å². The molecule has 6 aromatic carbocycles. The highest BCUT2D eigenvalue weighted by molar-refractivity contribution is 9.10. The Bertz CT molecular complexity index is 5980. The van der Waals surface area contributed by atoms with Crippen molar-refractivity contribution in [3.63, 3.8) is 0 Å². The Kier molecular flexibility index (Phi) is 29.1. The Morgan fingerprint density at radius 3 is 1.04 bits per heavy atom. The van der Waals surface area contributed by atoms with E-state index < -0.39 is 23.3 Å². The van der Waals surface area contributed by atoms with E-state index in [4.69, 9.17) is 75.5 Å². The Balaban J connectivity index is 0.000000119. The molecule has 10 aromatic rings. The number of alkyl halides is 2. The molecule has 0 saturated heterocycles. The summed E-state index contributed by atoms with van der Waals surface area (Å²) in [5.41, 5.74) is 14.3. The number of fused-ring (bicyclic) bond motifs is 20. The summed E-state index contributed by atoms with van der Waals surface area (Å²) >= 11 is 27.7. The lowest BCUT2D eigenvalue weighted by Gasteiger charge is -2.60. The van der Waals surface area contributed by atoms with Gasteiger partial charge in [-0.2, -0.15) is 20.4 Å². The van der Waals surface area contributed by atoms with Crippen molar-refractivity contribution in [2.75, 3.05) is 64.4 Å². The van der Waals surface area contributed by atoms with E-state index in [9.17, 15) is 36.7 Å². The first-order chi connectivity index (χ1) is 67.3. The Morgan fingerprint density at radius 1 is 0.386 bits per heavy atom. The number of rotatable bonds is 24. The molecule has 29 heteroatoms. The Labute approximate surface area is 846 Å². The maximum Gasteiger partial charge on any atom is 0.272 e. The van der Waals surface area contributed by atoms with Crippen LogP contribution in [0.15, 0.2) is 114 Å². The number of carbonyl (C=O) groups is 4. The van der Waals surface area contributed by atoms with Crippen molar-refractivity contribution in [2.24, 2.45) is 92.7 Å². The van der Waals surface area contributed by atoms with E-state index in [1.807, 2.05) is 45.8 Å². The molecular formula is C111H129BrCl4F4N12O8. The van der Waals surface area contributed by atoms with E-state index in [1.54, 1.807) is 18.2 Å². The molecule has 0 radical (unpaired) electrons. The molecule has 20 nitrogen and oxygen atoms in total. The molecule has 12 fully saturated rings. The van der Waals surface area contributed by atoms with Gasteiger partial charge in [-0.1, -0.05) is 113 Å². The molecular weight excluding hydrogens is 1930 g/mol. The molecule has 8 bridgehead atoms. The average molecular weight is 2060 g/mol. The van der Waals surface area contributed by atoms with Crippen LogP contribution in [0.1, 0.15) is 241 Å². The molecule has 4 aromatic heterocycles. The van der Waals surface area contributed by atoms with Gasteiger partial charge in [0.25, 0.3) is 23.6 Å². The molecule has 4 amide bonds. The number of aryl methyl sites for hydroxylation is 3. The van der Waals surface area contributed by atoms with Crippen molar-refractivity contribution < 1.29 is 55.7 Å². The van der Waals surface area contributed by atoms with Gasteiger partial charge < -0.3 is 40.2 Å². The van der Waals surface area contributed by atoms with Gasteiger partial charge in [-0.15, -0.1) is 23.2 Å². The predicted octanol–water partition coefficient (Wildman–Crippen LogP) is 24.9. The van der Waals surface area contributed by atoms with Gasteiger partial charge in [0.1, 0.15) is 46.0 Å². The van der Waals surface area contributed by atoms with E-state index in [-0.39, 0.29) is 46.4 Å². The van der Waals surface area contributed by atoms with Crippen molar-refractivity contribution in [1.29, 1.82) is 0 Å². The van der Waals surface area contributed by atoms with Gasteiger partial charge in [0.05, 0.1) is 49.2 Å². The van der Waals surface area contributed by atoms with Crippen LogP contribution in [-0.2, 0) is 38.8 Å². The van der Waals surface area contributed by atoms with Crippen molar-refractivity contribution in [1.82, 2.24) is 60.4 Å². The van der Waals surface area contributed by atoms with Crippen LogP contribution < -0.4 is 40.2 Å². The molecule has 12 saturated carbocycles. The van der Waals surface area contributed by atoms with Crippen molar-refractivity contribution in [2.45, 2.75) is 217 Å². The molecule has 0 spiro atoms. The summed E-state index contributed by atoms with van der Waals surface area (Å²) in [7, 11) is 0. The first-order valence-electron chi connectivity index (χ1n) is 50.9. The first kappa shape index (κ1) is 99.3. The normalized spacial score (nSPS) is 23.9. The summed E-state index contributed by atoms with van der Waals surface area (Å²) in [6.07, 6.45) is 23.0. The number of aromatic nitrogens is 8. The average Bonchev–Trinajstić information content (AvgIpc) is 1.23. The number of benzene rings is 6. The third-order valence-electron chi connectivity index (χ3n) is 34.7. The molecule has 140 heavy (non-hydrogen) atoms. The minimum Gasteiger partial charge on any atom is -0.493 e. The highest BCUT2D eigenvalue weighted by Crippen LogP contribution is 2.65. The fourth-order valence-corrected chi connectivity index (χ4v) is 27.3. The van der Waals surface area contributed by atoms with Crippen LogP contribution >= 0.6 is 62.3 Å². The van der Waals surface area contributed by atoms with Gasteiger partial charge >= 0.3 is 0 Å². The number of ether oxygens (including phenoxy) is 4. The van der Waals surface area contributed by atoms with E-state index in [0.29, 0.717) is 207 Å². The zero-order chi connectivity index (χ0) is 98.1. The minimum absolute atomic E-state index is 0.0365. The summed E-state index contributed by atoms with van der Waals surface area (Å²) in [4.78, 5) is 53.9. The van der Waals surface area contributed by atoms with Crippen LogP contribution in [0, 0.1) is 123 Å². The SMILES string of the molecule is CC1(C)C2CCC(CNC(=O)c3nn(-c4ccc(F)cc4F)c4c3CCOc3cc(Br)ccc3-4)C1C2.CC1(C)C2CCC(CNC(=O)c3nn(-c4ccc(F)cc4F)c4c3CCOc3cc(Cl)ccc3-4)C1C2.CC1(C)C2CCC(CNC(=O)c3nn(CCCCCCl)c4c3CCOc3cc(Cl)ccc3-4)C1C2.Cc1ccc2c(c1)OCCc1c(C(=O)NCC3CCC4CC3C4(C)C)nn(CCCCCCl)c1-2. The zero-order valence-corrected chi connectivity index (χ0v) is 86.2. The number of nitrogens with zero attached hydrogens (tertiary/aromatic N) is 8. The van der Waals surface area contributed by atoms with E-state index in [2.05, 4.69) is 128 Å². The summed E-state index contributed by atoms with van der Waals surface area (Å²) in [6.45, 7) is 27.0. The fourth-order valence-electron chi connectivity index (χ4n) is 26.3. The van der Waals surface area contributed by atoms with Gasteiger partial charge in [-0.25, -0.2) is 26.9 Å². The number of nitrogens with one attached hydrogen (secondary N) is 4. The standard InChI is InChI=1S/C28H28BrF2N3O2.C28H28ClF2N3O2.C28H38ClN3O2.C27H35Cl2N3O2/c2*1-28(2)16-4-3-15(21(28)11-16)14-32-27(35)25-20-9-10-36-24-12-17(29)5-7-19(24)26(20)34(33-25)23-8-6-18(30)13-22(23)31;1-18-7-10-21-24(15-18)34-14-11-22-25(31-32(26(21)22)13-6-4-5-12-29)27(33)30-17-19-8-9-20-16-23(19)28(20,2)3;1-27(2)18-7-6-17(22(27)14-18)16-30-26(33)24-21-10-13-34-23-15-19(29)8-9-20(23)25(21)32(31-24)12-5-3-4-11-28/h2*5-8,12-13,15-16,21H,3-4,9-11,14H2,1-2H3,(H,32,35);7,10,15,19-20,23H,4-6,8-9,11-14,16-17H2,1-3H3,(H,30,33);8-9,15,17-18,22H,3-7,10-14,16H2,1-2H3,(H,30,33). The van der Waals surface area contributed by atoms with Gasteiger partial charge in [0.15, 0.2) is 34.4 Å². The van der Waals surface area contributed by atoms with Crippen molar-refractivity contribution >= 4 is 86.0 Å². The smallest absolute Gasteiger partial charge is 0.272 e. The number of unbranched alkanes of at least 4 members (excludes halogenated alkanes) is 4. The molecule has 8 heterocycles. The molecule has 4 N–H and O–H groups in total. The second kappa shape index (κ2) is 41.0. The van der Waals surface area contributed by atoms with Gasteiger partial charge in [0.2, 0.25) is 0 Å². The number of carbonyl (C=O) groups excluding carboxylic acids is 4. The lowest BCUT2D eigenvalue weighted by atomic mass is 9.45. The number of halogens is 9. The lowest BCUT2D eigenvalue weighted by molar-refractivity contribution is -0.103. The molecule has 744 valence electrons. The maximum atomic E-state index is 14.9. The first-order valence-corrected chi connectivity index (χ1v) is 53.5. The van der Waals surface area contributed by atoms with E-state index >= 15 is 0 Å². The minimum atomic E-state index is -0.767. The third kappa shape index (κ3) is 19.4. The number of amides is 4. The Morgan fingerprint density at radius 2 is 0.700 bits per heavy atom. The molecule has 12 atom stereocenters. The highest BCUT2D eigenvalue weighted by Gasteiger charge is 2.58. The zero-order valence-electron chi connectivity index (χ0n) is 81.6. The molecule has 12 unspecified atom stereocenters. The quantitative estimate of drug-likeness (QED) is 0.0252. The third-order valence-corrected chi connectivity index (χ3v) is 36.2. The van der Waals surface area contributed by atoms with Crippen LogP contribution in [0.5, 0.6) is 23.0 Å². The highest BCUT2D eigenvalue weighted by atomic mass is 79.9. The van der Waals surface area contributed by atoms with Crippen LogP contribution in [0.2, 0.25) is 10.0 Å². The monoisotopic (exact) mass is 2050 g/mol. The summed E-state index contributed by atoms with van der Waals surface area (Å²) in [6, 6.07) is 29.5. The number of hydrogen-bond acceptors (Lipinski definition) is 12. The maximum absolute atomic E-state index is 14.9. The Hall–Kier alpha value is -9.40.